The molecule has 1 rings (SSSR count). The van der Waals surface area contributed by atoms with Crippen molar-refractivity contribution >= 4 is 19.2 Å². The van der Waals surface area contributed by atoms with Gasteiger partial charge in [0.15, 0.2) is 0 Å². The second kappa shape index (κ2) is 3.13. The van der Waals surface area contributed by atoms with Crippen LogP contribution in [0.25, 0.3) is 0 Å². The van der Waals surface area contributed by atoms with Gasteiger partial charge in [0.25, 0.3) is 0 Å². The van der Waals surface area contributed by atoms with Crippen LogP contribution in [0.5, 0.6) is 0 Å². The molecule has 0 unspecified atom stereocenters. The van der Waals surface area contributed by atoms with E-state index in [0.717, 1.165) is 0 Å². The molecule has 0 aliphatic carbocycles. The molecular weight excluding hydrogens is 96.9 g/mol. The molecule has 0 aromatic heterocycles. The van der Waals surface area contributed by atoms with Crippen molar-refractivity contribution in [2.45, 2.75) is 0 Å². The van der Waals surface area contributed by atoms with Crippen molar-refractivity contribution in [3.63, 3.8) is 0 Å². The van der Waals surface area contributed by atoms with Gasteiger partial charge in [-0.2, -0.15) is 0 Å². The number of aliphatic imine (C=N–C) groups is 1. The number of hydrogen-bond donors (Lipinski definition) is 0. The maximum absolute atomic E-state index is 3.89. The van der Waals surface area contributed by atoms with E-state index in [-0.39, 0.29) is 0 Å². The van der Waals surface area contributed by atoms with Crippen molar-refractivity contribution in [3.05, 3.63) is 24.2 Å². The predicted octanol–water partition coefficient (Wildman–Crippen LogP) is 0.605. The van der Waals surface area contributed by atoms with Crippen LogP contribution in [-0.4, -0.2) is 19.2 Å². The first-order valence-corrected chi connectivity index (χ1v) is 2.52. The molecule has 0 saturated carbocycles. The normalized spacial score (nSPS) is 15.0. The van der Waals surface area contributed by atoms with Crippen LogP contribution < -0.4 is 0 Å². The van der Waals surface area contributed by atoms with Crippen molar-refractivity contribution in [2.24, 2.45) is 4.99 Å². The number of allylic oxidation sites excluding steroid dienone is 3. The molecule has 0 aromatic carbocycles. The second-order valence-electron chi connectivity index (χ2n) is 1.41. The maximum atomic E-state index is 3.89. The molecule has 38 valence electrons. The van der Waals surface area contributed by atoms with E-state index in [1.807, 2.05) is 31.1 Å². The third-order valence-electron chi connectivity index (χ3n) is 0.789. The summed E-state index contributed by atoms with van der Waals surface area (Å²) in [7, 11) is 0. The molecule has 0 amide bonds. The first kappa shape index (κ1) is 5.23. The molecule has 8 heavy (non-hydrogen) atoms. The van der Waals surface area contributed by atoms with Crippen LogP contribution in [-0.2, 0) is 0 Å². The van der Waals surface area contributed by atoms with Crippen molar-refractivity contribution in [1.29, 1.82) is 0 Å². The van der Waals surface area contributed by atoms with Gasteiger partial charge in [-0.25, -0.2) is 0 Å². The third kappa shape index (κ3) is 1.69. The van der Waals surface area contributed by atoms with Crippen LogP contribution in [0.4, 0.5) is 0 Å². The fourth-order valence-electron chi connectivity index (χ4n) is 0.441. The van der Waals surface area contributed by atoms with Crippen LogP contribution in [0.15, 0.2) is 29.2 Å². The average Bonchev–Trinajstić information content (AvgIpc) is 1.62. The molecule has 0 radical (unpaired) electrons. The van der Waals surface area contributed by atoms with Crippen molar-refractivity contribution in [3.8, 4) is 0 Å². The quantitative estimate of drug-likeness (QED) is 0.398. The number of rotatable bonds is 0. The zero-order chi connectivity index (χ0) is 5.66. The van der Waals surface area contributed by atoms with Gasteiger partial charge in [0.2, 0.25) is 0 Å². The minimum atomic E-state index is 1.75. The van der Waals surface area contributed by atoms with E-state index in [0.29, 0.717) is 0 Å². The Morgan fingerprint density at radius 1 is 1.12 bits per heavy atom. The summed E-state index contributed by atoms with van der Waals surface area (Å²) < 4.78 is 0. The molecule has 2 heteroatoms. The zero-order valence-corrected chi connectivity index (χ0v) is 4.49. The monoisotopic (exact) mass is 103 g/mol. The molecule has 0 atom stereocenters. The predicted molar refractivity (Wildman–Crippen MR) is 38.6 cm³/mol. The van der Waals surface area contributed by atoms with Gasteiger partial charge in [-0.3, -0.25) is 0 Å². The summed E-state index contributed by atoms with van der Waals surface area (Å²) >= 11 is 0. The summed E-state index contributed by atoms with van der Waals surface area (Å²) in [4.78, 5) is 3.89. The second-order valence-corrected chi connectivity index (χ2v) is 1.41. The first-order chi connectivity index (χ1) is 4.00. The van der Waals surface area contributed by atoms with Crippen LogP contribution >= 0.6 is 0 Å². The Morgan fingerprint density at radius 2 is 2.12 bits per heavy atom. The third-order valence-corrected chi connectivity index (χ3v) is 0.789. The van der Waals surface area contributed by atoms with E-state index < -0.39 is 0 Å². The van der Waals surface area contributed by atoms with E-state index in [2.05, 4.69) is 4.99 Å². The summed E-state index contributed by atoms with van der Waals surface area (Å²) in [5, 5.41) is 0. The fourth-order valence-corrected chi connectivity index (χ4v) is 0.441. The fraction of sp³-hybridized carbons (Fsp3) is 0. The van der Waals surface area contributed by atoms with Gasteiger partial charge in [0.1, 0.15) is 0 Å². The standard InChI is InChI=1S/C6H6BN/c1-2-4-7-6-8-5-3-1/h1-6H. The van der Waals surface area contributed by atoms with Gasteiger partial charge in [0, 0.05) is 0 Å². The van der Waals surface area contributed by atoms with Crippen molar-refractivity contribution < 1.29 is 0 Å². The molecule has 0 aromatic rings. The van der Waals surface area contributed by atoms with Crippen LogP contribution in [0.3, 0.4) is 0 Å². The molecule has 1 heterocycles. The van der Waals surface area contributed by atoms with Gasteiger partial charge in [-0.1, -0.05) is 0 Å². The van der Waals surface area contributed by atoms with Gasteiger partial charge in [-0.05, 0) is 0 Å². The Labute approximate surface area is 49.3 Å². The van der Waals surface area contributed by atoms with Crippen molar-refractivity contribution in [2.75, 3.05) is 0 Å². The number of hydrogen-bond acceptors (Lipinski definition) is 1. The zero-order valence-electron chi connectivity index (χ0n) is 4.49. The van der Waals surface area contributed by atoms with E-state index in [9.17, 15) is 0 Å². The van der Waals surface area contributed by atoms with E-state index in [1.165, 1.54) is 0 Å². The molecule has 1 nitrogen and oxygen atoms in total. The topological polar surface area (TPSA) is 12.4 Å². The summed E-state index contributed by atoms with van der Waals surface area (Å²) in [6.45, 7) is 1.89. The summed E-state index contributed by atoms with van der Waals surface area (Å²) in [5.41, 5.74) is 0. The molecular formula is C6H6BN. The molecule has 0 saturated heterocycles. The average molecular weight is 103 g/mol. The summed E-state index contributed by atoms with van der Waals surface area (Å²) in [6.07, 6.45) is 9.29. The molecule has 0 fully saturated rings. The van der Waals surface area contributed by atoms with Gasteiger partial charge in [-0.15, -0.1) is 0 Å². The molecule has 1 aliphatic heterocycles. The van der Waals surface area contributed by atoms with Gasteiger partial charge < -0.3 is 0 Å². The minimum absolute atomic E-state index is 1.75. The van der Waals surface area contributed by atoms with Crippen LogP contribution in [0.1, 0.15) is 0 Å². The van der Waals surface area contributed by atoms with Crippen LogP contribution in [0, 0.1) is 0 Å². The summed E-state index contributed by atoms with van der Waals surface area (Å²) in [6, 6.07) is 0. The Bertz CT molecular complexity index is 109. The summed E-state index contributed by atoms with van der Waals surface area (Å²) in [5.74, 6) is 1.94. The van der Waals surface area contributed by atoms with Crippen molar-refractivity contribution in [1.82, 2.24) is 0 Å². The van der Waals surface area contributed by atoms with E-state index in [4.69, 9.17) is 0 Å². The first-order valence-electron chi connectivity index (χ1n) is 2.52. The van der Waals surface area contributed by atoms with Gasteiger partial charge in [0.05, 0.1) is 0 Å². The van der Waals surface area contributed by atoms with E-state index >= 15 is 0 Å². The molecule has 1 aliphatic rings. The SMILES string of the molecule is B1=CN=CC=CC=C1. The van der Waals surface area contributed by atoms with Crippen LogP contribution in [0.2, 0.25) is 0 Å². The Kier molecular flexibility index (Phi) is 2.05. The molecule has 0 spiro atoms. The van der Waals surface area contributed by atoms with Gasteiger partial charge >= 0.3 is 48.4 Å². The number of nitrogens with zero attached hydrogens (tertiary/aromatic N) is 1. The Hall–Kier alpha value is -0.915. The Morgan fingerprint density at radius 3 is 3.12 bits per heavy atom. The Balaban J connectivity index is 2.67. The molecule has 0 N–H and O–H groups in total. The van der Waals surface area contributed by atoms with E-state index in [1.54, 1.807) is 12.3 Å². The molecule has 0 bridgehead atoms.